The van der Waals surface area contributed by atoms with Crippen molar-refractivity contribution in [1.29, 1.82) is 0 Å². The fourth-order valence-electron chi connectivity index (χ4n) is 5.85. The molecular formula is C31H23NS. The second kappa shape index (κ2) is 7.26. The van der Waals surface area contributed by atoms with E-state index in [0.717, 1.165) is 24.2 Å². The fraction of sp³-hybridized carbons (Fsp3) is 0.0968. The van der Waals surface area contributed by atoms with Gasteiger partial charge in [-0.1, -0.05) is 90.6 Å². The van der Waals surface area contributed by atoms with Crippen molar-refractivity contribution in [3.05, 3.63) is 136 Å². The Morgan fingerprint density at radius 3 is 2.33 bits per heavy atom. The van der Waals surface area contributed by atoms with Crippen LogP contribution in [-0.4, -0.2) is 0 Å². The first-order chi connectivity index (χ1) is 16.4. The lowest BCUT2D eigenvalue weighted by molar-refractivity contribution is 0.724. The van der Waals surface area contributed by atoms with Crippen molar-refractivity contribution in [2.24, 2.45) is 0 Å². The molecule has 4 aromatic rings. The molecule has 7 rings (SSSR count). The summed E-state index contributed by atoms with van der Waals surface area (Å²) in [5.41, 5.74) is 10.3. The normalized spacial score (nSPS) is 19.6. The highest BCUT2D eigenvalue weighted by atomic mass is 32.2. The molecule has 0 amide bonds. The number of benzene rings is 4. The molecule has 1 N–H and O–H groups in total. The SMILES string of the molecule is C1=CC2=C(CC1)Sc1ccccc1C21c2ccccc2-c2ccc(Nc3ccccc3)cc21. The molecule has 2 aliphatic carbocycles. The monoisotopic (exact) mass is 441 g/mol. The van der Waals surface area contributed by atoms with Gasteiger partial charge >= 0.3 is 0 Å². The highest BCUT2D eigenvalue weighted by Gasteiger charge is 2.50. The molecule has 1 spiro atoms. The predicted molar refractivity (Wildman–Crippen MR) is 139 cm³/mol. The molecule has 0 bridgehead atoms. The molecule has 1 aliphatic heterocycles. The summed E-state index contributed by atoms with van der Waals surface area (Å²) >= 11 is 1.97. The molecule has 1 atom stereocenters. The summed E-state index contributed by atoms with van der Waals surface area (Å²) < 4.78 is 0. The van der Waals surface area contributed by atoms with Crippen molar-refractivity contribution < 1.29 is 0 Å². The van der Waals surface area contributed by atoms with E-state index in [1.165, 1.54) is 43.2 Å². The Labute approximate surface area is 198 Å². The van der Waals surface area contributed by atoms with Gasteiger partial charge in [0.2, 0.25) is 0 Å². The van der Waals surface area contributed by atoms with Gasteiger partial charge in [-0.25, -0.2) is 0 Å². The average molecular weight is 442 g/mol. The highest BCUT2D eigenvalue weighted by Crippen LogP contribution is 2.63. The molecule has 4 aromatic carbocycles. The molecular weight excluding hydrogens is 418 g/mol. The van der Waals surface area contributed by atoms with E-state index < -0.39 is 0 Å². The molecule has 2 heteroatoms. The Morgan fingerprint density at radius 2 is 1.42 bits per heavy atom. The Bertz CT molecular complexity index is 1460. The zero-order valence-corrected chi connectivity index (χ0v) is 19.0. The van der Waals surface area contributed by atoms with Gasteiger partial charge in [0, 0.05) is 16.3 Å². The van der Waals surface area contributed by atoms with E-state index in [4.69, 9.17) is 0 Å². The minimum atomic E-state index is -0.269. The van der Waals surface area contributed by atoms with Crippen molar-refractivity contribution >= 4 is 23.1 Å². The Balaban J connectivity index is 1.54. The summed E-state index contributed by atoms with van der Waals surface area (Å²) in [6, 6.07) is 35.4. The number of para-hydroxylation sites is 1. The van der Waals surface area contributed by atoms with E-state index in [2.05, 4.69) is 115 Å². The van der Waals surface area contributed by atoms with Crippen LogP contribution in [0.4, 0.5) is 11.4 Å². The summed E-state index contributed by atoms with van der Waals surface area (Å²) in [5, 5.41) is 3.64. The first-order valence-corrected chi connectivity index (χ1v) is 12.4. The van der Waals surface area contributed by atoms with E-state index in [1.807, 2.05) is 11.8 Å². The number of nitrogens with one attached hydrogen (secondary N) is 1. The van der Waals surface area contributed by atoms with E-state index >= 15 is 0 Å². The van der Waals surface area contributed by atoms with Gasteiger partial charge in [0.15, 0.2) is 0 Å². The minimum Gasteiger partial charge on any atom is -0.356 e. The smallest absolute Gasteiger partial charge is 0.0732 e. The summed E-state index contributed by atoms with van der Waals surface area (Å²) in [4.78, 5) is 2.90. The number of thioether (sulfide) groups is 1. The Morgan fingerprint density at radius 1 is 0.667 bits per heavy atom. The molecule has 33 heavy (non-hydrogen) atoms. The first-order valence-electron chi connectivity index (χ1n) is 11.6. The van der Waals surface area contributed by atoms with Gasteiger partial charge in [-0.05, 0) is 81.5 Å². The zero-order chi connectivity index (χ0) is 21.8. The summed E-state index contributed by atoms with van der Waals surface area (Å²) in [6.07, 6.45) is 7.01. The van der Waals surface area contributed by atoms with Crippen molar-refractivity contribution in [2.75, 3.05) is 5.32 Å². The summed E-state index contributed by atoms with van der Waals surface area (Å²) in [6.45, 7) is 0. The van der Waals surface area contributed by atoms with E-state index in [0.29, 0.717) is 0 Å². The fourth-order valence-corrected chi connectivity index (χ4v) is 7.15. The van der Waals surface area contributed by atoms with Crippen LogP contribution in [0.1, 0.15) is 29.5 Å². The topological polar surface area (TPSA) is 12.0 Å². The third-order valence-electron chi connectivity index (χ3n) is 7.16. The van der Waals surface area contributed by atoms with Crippen molar-refractivity contribution in [3.63, 3.8) is 0 Å². The van der Waals surface area contributed by atoms with Gasteiger partial charge in [0.25, 0.3) is 0 Å². The van der Waals surface area contributed by atoms with Crippen LogP contribution in [0.5, 0.6) is 0 Å². The maximum atomic E-state index is 3.64. The standard InChI is InChI=1S/C31H23NS/c1-2-10-21(11-3-1)32-22-18-19-24-23-12-4-5-13-25(23)31(28(24)20-22)26-14-6-8-16-29(26)33-30-17-9-7-15-27(30)31/h1-8,10-16,18-20,32H,9,17H2. The van der Waals surface area contributed by atoms with E-state index in [9.17, 15) is 0 Å². The third kappa shape index (κ3) is 2.68. The van der Waals surface area contributed by atoms with Gasteiger partial charge < -0.3 is 5.32 Å². The molecule has 3 aliphatic rings. The van der Waals surface area contributed by atoms with Gasteiger partial charge in [-0.15, -0.1) is 0 Å². The minimum absolute atomic E-state index is 0.269. The van der Waals surface area contributed by atoms with Crippen LogP contribution in [0.25, 0.3) is 11.1 Å². The van der Waals surface area contributed by atoms with Gasteiger partial charge in [0.1, 0.15) is 0 Å². The van der Waals surface area contributed by atoms with E-state index in [-0.39, 0.29) is 5.41 Å². The van der Waals surface area contributed by atoms with Crippen LogP contribution in [0.15, 0.2) is 125 Å². The summed E-state index contributed by atoms with van der Waals surface area (Å²) in [7, 11) is 0. The quantitative estimate of drug-likeness (QED) is 0.335. The van der Waals surface area contributed by atoms with Crippen LogP contribution in [0.2, 0.25) is 0 Å². The predicted octanol–water partition coefficient (Wildman–Crippen LogP) is 8.45. The number of hydrogen-bond acceptors (Lipinski definition) is 2. The van der Waals surface area contributed by atoms with Gasteiger partial charge in [0.05, 0.1) is 5.41 Å². The van der Waals surface area contributed by atoms with Gasteiger partial charge in [-0.3, -0.25) is 0 Å². The van der Waals surface area contributed by atoms with Crippen LogP contribution >= 0.6 is 11.8 Å². The van der Waals surface area contributed by atoms with E-state index in [1.54, 1.807) is 0 Å². The molecule has 1 unspecified atom stereocenters. The average Bonchev–Trinajstić information content (AvgIpc) is 3.15. The van der Waals surface area contributed by atoms with Crippen LogP contribution in [-0.2, 0) is 5.41 Å². The molecule has 0 saturated heterocycles. The molecule has 1 nitrogen and oxygen atoms in total. The molecule has 0 fully saturated rings. The van der Waals surface area contributed by atoms with Crippen molar-refractivity contribution in [3.8, 4) is 11.1 Å². The molecule has 0 saturated carbocycles. The summed E-state index contributed by atoms with van der Waals surface area (Å²) in [5.74, 6) is 0. The third-order valence-corrected chi connectivity index (χ3v) is 8.40. The van der Waals surface area contributed by atoms with Crippen LogP contribution < -0.4 is 5.32 Å². The molecule has 1 heterocycles. The maximum absolute atomic E-state index is 3.64. The second-order valence-electron chi connectivity index (χ2n) is 8.92. The molecule has 0 aromatic heterocycles. The second-order valence-corrected chi connectivity index (χ2v) is 10.1. The zero-order valence-electron chi connectivity index (χ0n) is 18.2. The van der Waals surface area contributed by atoms with Crippen LogP contribution in [0, 0.1) is 0 Å². The Kier molecular flexibility index (Phi) is 4.19. The van der Waals surface area contributed by atoms with Crippen molar-refractivity contribution in [2.45, 2.75) is 23.2 Å². The number of anilines is 2. The number of hydrogen-bond donors (Lipinski definition) is 1. The largest absolute Gasteiger partial charge is 0.356 e. The first kappa shape index (κ1) is 19.0. The Hall–Kier alpha value is -3.49. The maximum Gasteiger partial charge on any atom is 0.0732 e. The number of fused-ring (bicyclic) bond motifs is 8. The molecule has 158 valence electrons. The van der Waals surface area contributed by atoms with Crippen molar-refractivity contribution in [1.82, 2.24) is 0 Å². The molecule has 0 radical (unpaired) electrons. The lowest BCUT2D eigenvalue weighted by Crippen LogP contribution is -2.33. The van der Waals surface area contributed by atoms with Crippen LogP contribution in [0.3, 0.4) is 0 Å². The lowest BCUT2D eigenvalue weighted by Gasteiger charge is -2.41. The highest BCUT2D eigenvalue weighted by molar-refractivity contribution is 8.03. The number of allylic oxidation sites excluding steroid dienone is 4. The van der Waals surface area contributed by atoms with Gasteiger partial charge in [-0.2, -0.15) is 0 Å². The lowest BCUT2D eigenvalue weighted by atomic mass is 9.66. The number of rotatable bonds is 2.